The van der Waals surface area contributed by atoms with E-state index in [0.717, 1.165) is 16.8 Å². The number of fused-ring (bicyclic) bond motifs is 1. The van der Waals surface area contributed by atoms with Crippen LogP contribution in [0, 0.1) is 6.92 Å². The zero-order valence-electron chi connectivity index (χ0n) is 8.55. The van der Waals surface area contributed by atoms with Gasteiger partial charge in [-0.1, -0.05) is 18.2 Å². The lowest BCUT2D eigenvalue weighted by molar-refractivity contribution is -0.117. The van der Waals surface area contributed by atoms with Gasteiger partial charge in [-0.05, 0) is 25.7 Å². The van der Waals surface area contributed by atoms with E-state index in [2.05, 4.69) is 5.32 Å². The number of amides is 1. The molecule has 1 aliphatic rings. The molecule has 0 spiro atoms. The third kappa shape index (κ3) is 1.08. The predicted molar refractivity (Wildman–Crippen MR) is 60.7 cm³/mol. The normalized spacial score (nSPS) is 24.6. The van der Waals surface area contributed by atoms with Crippen LogP contribution in [0.25, 0.3) is 0 Å². The van der Waals surface area contributed by atoms with Crippen molar-refractivity contribution >= 4 is 23.4 Å². The summed E-state index contributed by atoms with van der Waals surface area (Å²) in [4.78, 5) is 11.8. The quantitative estimate of drug-likeness (QED) is 0.766. The first kappa shape index (κ1) is 9.59. The molecule has 1 amide bonds. The van der Waals surface area contributed by atoms with Crippen LogP contribution in [0.3, 0.4) is 0 Å². The molecule has 1 N–H and O–H groups in total. The SMILES string of the molecule is CSC1(C)C(=O)Nc2c(C)cccc21. The van der Waals surface area contributed by atoms with E-state index >= 15 is 0 Å². The van der Waals surface area contributed by atoms with E-state index in [-0.39, 0.29) is 5.91 Å². The molecule has 3 heteroatoms. The molecular weight excluding hydrogens is 194 g/mol. The summed E-state index contributed by atoms with van der Waals surface area (Å²) in [6, 6.07) is 6.05. The molecule has 0 bridgehead atoms. The number of para-hydroxylation sites is 1. The van der Waals surface area contributed by atoms with Crippen LogP contribution in [0.2, 0.25) is 0 Å². The molecule has 1 unspecified atom stereocenters. The highest BCUT2D eigenvalue weighted by atomic mass is 32.2. The average molecular weight is 207 g/mol. The van der Waals surface area contributed by atoms with E-state index in [1.54, 1.807) is 11.8 Å². The van der Waals surface area contributed by atoms with Crippen LogP contribution < -0.4 is 5.32 Å². The van der Waals surface area contributed by atoms with Crippen molar-refractivity contribution in [2.24, 2.45) is 0 Å². The van der Waals surface area contributed by atoms with Crippen LogP contribution in [0.5, 0.6) is 0 Å². The van der Waals surface area contributed by atoms with Crippen molar-refractivity contribution in [3.63, 3.8) is 0 Å². The largest absolute Gasteiger partial charge is 0.324 e. The Morgan fingerprint density at radius 1 is 1.43 bits per heavy atom. The number of aryl methyl sites for hydroxylation is 1. The third-order valence-electron chi connectivity index (χ3n) is 2.87. The molecule has 1 atom stereocenters. The Labute approximate surface area is 88.1 Å². The van der Waals surface area contributed by atoms with E-state index in [0.29, 0.717) is 0 Å². The lowest BCUT2D eigenvalue weighted by Gasteiger charge is -2.18. The van der Waals surface area contributed by atoms with E-state index in [4.69, 9.17) is 0 Å². The van der Waals surface area contributed by atoms with E-state index < -0.39 is 4.75 Å². The van der Waals surface area contributed by atoms with Gasteiger partial charge in [0, 0.05) is 11.3 Å². The molecule has 1 heterocycles. The number of carbonyl (C=O) groups is 1. The Morgan fingerprint density at radius 2 is 2.14 bits per heavy atom. The zero-order valence-corrected chi connectivity index (χ0v) is 9.37. The van der Waals surface area contributed by atoms with Crippen LogP contribution in [0.1, 0.15) is 18.1 Å². The van der Waals surface area contributed by atoms with Crippen molar-refractivity contribution in [1.82, 2.24) is 0 Å². The molecule has 2 nitrogen and oxygen atoms in total. The van der Waals surface area contributed by atoms with Crippen LogP contribution >= 0.6 is 11.8 Å². The average Bonchev–Trinajstić information content (AvgIpc) is 2.43. The molecule has 1 aliphatic heterocycles. The summed E-state index contributed by atoms with van der Waals surface area (Å²) in [5.74, 6) is 0.0919. The number of nitrogens with one attached hydrogen (secondary N) is 1. The molecule has 1 aromatic rings. The Kier molecular flexibility index (Phi) is 2.07. The van der Waals surface area contributed by atoms with Crippen LogP contribution in [-0.2, 0) is 9.54 Å². The van der Waals surface area contributed by atoms with Gasteiger partial charge in [-0.15, -0.1) is 11.8 Å². The maximum Gasteiger partial charge on any atom is 0.244 e. The summed E-state index contributed by atoms with van der Waals surface area (Å²) in [5, 5.41) is 2.95. The van der Waals surface area contributed by atoms with Crippen LogP contribution in [0.15, 0.2) is 18.2 Å². The van der Waals surface area contributed by atoms with Gasteiger partial charge in [0.15, 0.2) is 0 Å². The van der Waals surface area contributed by atoms with E-state index in [1.165, 1.54) is 0 Å². The van der Waals surface area contributed by atoms with Gasteiger partial charge in [0.1, 0.15) is 4.75 Å². The minimum atomic E-state index is -0.415. The second-order valence-electron chi connectivity index (χ2n) is 3.69. The first-order chi connectivity index (χ1) is 6.59. The second-order valence-corrected chi connectivity index (χ2v) is 4.91. The predicted octanol–water partition coefficient (Wildman–Crippen LogP) is 2.53. The number of thioether (sulfide) groups is 1. The molecule has 14 heavy (non-hydrogen) atoms. The summed E-state index contributed by atoms with van der Waals surface area (Å²) >= 11 is 1.58. The molecule has 0 saturated heterocycles. The highest BCUT2D eigenvalue weighted by Gasteiger charge is 2.42. The Hall–Kier alpha value is -0.960. The van der Waals surface area contributed by atoms with Gasteiger partial charge in [-0.25, -0.2) is 0 Å². The van der Waals surface area contributed by atoms with Crippen LogP contribution in [-0.4, -0.2) is 12.2 Å². The minimum absolute atomic E-state index is 0.0919. The highest BCUT2D eigenvalue weighted by Crippen LogP contribution is 2.45. The first-order valence-corrected chi connectivity index (χ1v) is 5.79. The van der Waals surface area contributed by atoms with E-state index in [1.807, 2.05) is 38.3 Å². The molecule has 2 rings (SSSR count). The lowest BCUT2D eigenvalue weighted by atomic mass is 10.00. The zero-order chi connectivity index (χ0) is 10.3. The van der Waals surface area contributed by atoms with Gasteiger partial charge in [0.2, 0.25) is 5.91 Å². The van der Waals surface area contributed by atoms with Gasteiger partial charge < -0.3 is 5.32 Å². The summed E-state index contributed by atoms with van der Waals surface area (Å²) in [7, 11) is 0. The molecular formula is C11H13NOS. The maximum absolute atomic E-state index is 11.8. The topological polar surface area (TPSA) is 29.1 Å². The van der Waals surface area contributed by atoms with Gasteiger partial charge in [0.25, 0.3) is 0 Å². The van der Waals surface area contributed by atoms with Crippen LogP contribution in [0.4, 0.5) is 5.69 Å². The van der Waals surface area contributed by atoms with Gasteiger partial charge in [0.05, 0.1) is 0 Å². The van der Waals surface area contributed by atoms with Crippen molar-refractivity contribution in [2.45, 2.75) is 18.6 Å². The number of benzene rings is 1. The number of carbonyl (C=O) groups excluding carboxylic acids is 1. The molecule has 0 aromatic heterocycles. The van der Waals surface area contributed by atoms with Crippen molar-refractivity contribution in [3.8, 4) is 0 Å². The molecule has 0 aliphatic carbocycles. The maximum atomic E-state index is 11.8. The minimum Gasteiger partial charge on any atom is -0.324 e. The Balaban J connectivity index is 2.64. The van der Waals surface area contributed by atoms with Crippen molar-refractivity contribution < 1.29 is 4.79 Å². The third-order valence-corrected chi connectivity index (χ3v) is 4.09. The smallest absolute Gasteiger partial charge is 0.244 e. The van der Waals surface area contributed by atoms with Gasteiger partial charge in [-0.3, -0.25) is 4.79 Å². The Bertz CT molecular complexity index is 402. The molecule has 0 radical (unpaired) electrons. The number of rotatable bonds is 1. The first-order valence-electron chi connectivity index (χ1n) is 4.56. The fraction of sp³-hybridized carbons (Fsp3) is 0.364. The fourth-order valence-electron chi connectivity index (χ4n) is 1.79. The molecule has 74 valence electrons. The van der Waals surface area contributed by atoms with Crippen molar-refractivity contribution in [1.29, 1.82) is 0 Å². The summed E-state index contributed by atoms with van der Waals surface area (Å²) in [5.41, 5.74) is 3.23. The summed E-state index contributed by atoms with van der Waals surface area (Å²) < 4.78 is -0.415. The monoisotopic (exact) mass is 207 g/mol. The summed E-state index contributed by atoms with van der Waals surface area (Å²) in [6.07, 6.45) is 1.97. The highest BCUT2D eigenvalue weighted by molar-refractivity contribution is 8.00. The van der Waals surface area contributed by atoms with Crippen molar-refractivity contribution in [2.75, 3.05) is 11.6 Å². The Morgan fingerprint density at radius 3 is 2.79 bits per heavy atom. The molecule has 0 fully saturated rings. The van der Waals surface area contributed by atoms with E-state index in [9.17, 15) is 4.79 Å². The van der Waals surface area contributed by atoms with Gasteiger partial charge >= 0.3 is 0 Å². The number of hydrogen-bond donors (Lipinski definition) is 1. The fourth-order valence-corrected chi connectivity index (χ4v) is 2.42. The standard InChI is InChI=1S/C11H13NOS/c1-7-5-4-6-8-9(7)12-10(13)11(8,2)14-3/h4-6H,1-3H3,(H,12,13). The summed E-state index contributed by atoms with van der Waals surface area (Å²) in [6.45, 7) is 3.99. The van der Waals surface area contributed by atoms with Crippen molar-refractivity contribution in [3.05, 3.63) is 29.3 Å². The second kappa shape index (κ2) is 3.02. The molecule has 0 saturated carbocycles. The number of anilines is 1. The lowest BCUT2D eigenvalue weighted by Crippen LogP contribution is -2.26. The number of hydrogen-bond acceptors (Lipinski definition) is 2. The molecule has 1 aromatic carbocycles. The van der Waals surface area contributed by atoms with Gasteiger partial charge in [-0.2, -0.15) is 0 Å².